The number of benzene rings is 3. The highest BCUT2D eigenvalue weighted by atomic mass is 16.3. The summed E-state index contributed by atoms with van der Waals surface area (Å²) in [6.07, 6.45) is 0.538. The predicted molar refractivity (Wildman–Crippen MR) is 103 cm³/mol. The van der Waals surface area contributed by atoms with Crippen molar-refractivity contribution >= 4 is 22.7 Å². The van der Waals surface area contributed by atoms with Gasteiger partial charge >= 0.3 is 0 Å². The molecule has 0 atom stereocenters. The number of para-hydroxylation sites is 3. The third-order valence-corrected chi connectivity index (χ3v) is 4.23. The third kappa shape index (κ3) is 3.35. The van der Waals surface area contributed by atoms with Gasteiger partial charge < -0.3 is 9.73 Å². The maximum absolute atomic E-state index is 10.8. The molecule has 4 aromatic rings. The first-order valence-corrected chi connectivity index (χ1v) is 8.49. The molecule has 1 aliphatic rings. The second-order valence-corrected chi connectivity index (χ2v) is 6.23. The summed E-state index contributed by atoms with van der Waals surface area (Å²) >= 11 is 0. The Labute approximate surface area is 151 Å². The van der Waals surface area contributed by atoms with Crippen LogP contribution in [0.1, 0.15) is 11.1 Å². The average molecular weight is 342 g/mol. The van der Waals surface area contributed by atoms with E-state index in [1.807, 2.05) is 60.7 Å². The Morgan fingerprint density at radius 2 is 1.65 bits per heavy atom. The van der Waals surface area contributed by atoms with Crippen molar-refractivity contribution in [2.24, 2.45) is 0 Å². The first kappa shape index (κ1) is 16.1. The summed E-state index contributed by atoms with van der Waals surface area (Å²) in [7, 11) is 0. The Morgan fingerprint density at radius 3 is 2.42 bits per heavy atom. The molecule has 0 spiro atoms. The average Bonchev–Trinajstić information content (AvgIpc) is 3.25. The molecule has 0 bridgehead atoms. The topological polar surface area (TPSA) is 55.1 Å². The Balaban J connectivity index is 0.000000144. The zero-order chi connectivity index (χ0) is 17.9. The van der Waals surface area contributed by atoms with Crippen molar-refractivity contribution in [3.63, 3.8) is 0 Å². The Hall–Kier alpha value is -3.40. The van der Waals surface area contributed by atoms with Crippen molar-refractivity contribution < 1.29 is 9.21 Å². The number of nitrogens with one attached hydrogen (secondary N) is 1. The first-order chi connectivity index (χ1) is 12.7. The standard InChI is InChI=1S/C14H11NO.C8H7NO/c1-10-6-8-11(9-7-10)14-15-12-4-2-3-5-13(12)16-14;10-8-5-6-3-1-2-4-7(6)9-8/h2-9H,1H3;1-4H,5H2,(H,9,10). The third-order valence-electron chi connectivity index (χ3n) is 4.23. The molecule has 0 saturated heterocycles. The number of aromatic nitrogens is 1. The largest absolute Gasteiger partial charge is 0.436 e. The van der Waals surface area contributed by atoms with E-state index in [-0.39, 0.29) is 5.91 Å². The Morgan fingerprint density at radius 1 is 0.923 bits per heavy atom. The lowest BCUT2D eigenvalue weighted by molar-refractivity contribution is -0.115. The number of amides is 1. The Kier molecular flexibility index (Phi) is 4.23. The second-order valence-electron chi connectivity index (χ2n) is 6.23. The molecule has 1 aliphatic heterocycles. The molecular formula is C22H18N2O2. The monoisotopic (exact) mass is 342 g/mol. The number of rotatable bonds is 1. The van der Waals surface area contributed by atoms with Crippen LogP contribution in [-0.4, -0.2) is 10.9 Å². The van der Waals surface area contributed by atoms with Crippen LogP contribution < -0.4 is 5.32 Å². The molecule has 5 rings (SSSR count). The van der Waals surface area contributed by atoms with E-state index in [9.17, 15) is 4.79 Å². The van der Waals surface area contributed by atoms with Crippen molar-refractivity contribution in [3.8, 4) is 11.5 Å². The van der Waals surface area contributed by atoms with Gasteiger partial charge in [-0.25, -0.2) is 4.98 Å². The molecule has 4 heteroatoms. The Bertz CT molecular complexity index is 1000. The normalized spacial score (nSPS) is 12.3. The van der Waals surface area contributed by atoms with Crippen molar-refractivity contribution in [3.05, 3.63) is 83.9 Å². The number of carbonyl (C=O) groups excluding carboxylic acids is 1. The van der Waals surface area contributed by atoms with Crippen LogP contribution in [0, 0.1) is 6.92 Å². The van der Waals surface area contributed by atoms with Crippen molar-refractivity contribution in [1.29, 1.82) is 0 Å². The van der Waals surface area contributed by atoms with Crippen LogP contribution in [0.4, 0.5) is 5.69 Å². The minimum Gasteiger partial charge on any atom is -0.436 e. The van der Waals surface area contributed by atoms with Gasteiger partial charge in [0.2, 0.25) is 11.8 Å². The number of anilines is 1. The molecule has 4 nitrogen and oxygen atoms in total. The summed E-state index contributed by atoms with van der Waals surface area (Å²) < 4.78 is 5.68. The summed E-state index contributed by atoms with van der Waals surface area (Å²) in [6, 6.07) is 23.7. The molecule has 1 N–H and O–H groups in total. The molecule has 3 aromatic carbocycles. The van der Waals surface area contributed by atoms with Gasteiger partial charge in [-0.05, 0) is 42.8 Å². The van der Waals surface area contributed by atoms with Crippen molar-refractivity contribution in [2.75, 3.05) is 5.32 Å². The lowest BCUT2D eigenvalue weighted by Crippen LogP contribution is -2.03. The first-order valence-electron chi connectivity index (χ1n) is 8.49. The van der Waals surface area contributed by atoms with Gasteiger partial charge in [0.15, 0.2) is 5.58 Å². The fourth-order valence-corrected chi connectivity index (χ4v) is 2.86. The van der Waals surface area contributed by atoms with Crippen LogP contribution >= 0.6 is 0 Å². The summed E-state index contributed by atoms with van der Waals surface area (Å²) in [5, 5.41) is 2.76. The van der Waals surface area contributed by atoms with Gasteiger partial charge in [-0.1, -0.05) is 48.0 Å². The summed E-state index contributed by atoms with van der Waals surface area (Å²) in [5.41, 5.74) is 6.05. The van der Waals surface area contributed by atoms with Crippen LogP contribution in [0.15, 0.2) is 77.2 Å². The molecule has 1 amide bonds. The van der Waals surface area contributed by atoms with Gasteiger partial charge in [0.25, 0.3) is 0 Å². The number of hydrogen-bond acceptors (Lipinski definition) is 3. The number of oxazole rings is 1. The smallest absolute Gasteiger partial charge is 0.228 e. The summed E-state index contributed by atoms with van der Waals surface area (Å²) in [6.45, 7) is 2.07. The number of hydrogen-bond donors (Lipinski definition) is 1. The van der Waals surface area contributed by atoms with Gasteiger partial charge in [0.05, 0.1) is 6.42 Å². The van der Waals surface area contributed by atoms with Gasteiger partial charge in [0.1, 0.15) is 5.52 Å². The maximum Gasteiger partial charge on any atom is 0.228 e. The molecular weight excluding hydrogens is 324 g/mol. The van der Waals surface area contributed by atoms with Crippen LogP contribution in [0.5, 0.6) is 0 Å². The molecule has 26 heavy (non-hydrogen) atoms. The number of carbonyl (C=O) groups is 1. The van der Waals surface area contributed by atoms with Gasteiger partial charge in [-0.3, -0.25) is 4.79 Å². The summed E-state index contributed by atoms with van der Waals surface area (Å²) in [4.78, 5) is 15.2. The van der Waals surface area contributed by atoms with E-state index < -0.39 is 0 Å². The van der Waals surface area contributed by atoms with E-state index in [0.29, 0.717) is 12.3 Å². The van der Waals surface area contributed by atoms with E-state index in [1.54, 1.807) is 0 Å². The van der Waals surface area contributed by atoms with Gasteiger partial charge in [-0.15, -0.1) is 0 Å². The zero-order valence-corrected chi connectivity index (χ0v) is 14.4. The highest BCUT2D eigenvalue weighted by Gasteiger charge is 2.15. The molecule has 0 unspecified atom stereocenters. The maximum atomic E-state index is 10.8. The highest BCUT2D eigenvalue weighted by Crippen LogP contribution is 2.24. The number of aryl methyl sites for hydroxylation is 1. The molecule has 0 fully saturated rings. The molecule has 0 saturated carbocycles. The minimum absolute atomic E-state index is 0.0983. The quantitative estimate of drug-likeness (QED) is 0.530. The molecule has 0 aliphatic carbocycles. The minimum atomic E-state index is 0.0983. The number of nitrogens with zero attached hydrogens (tertiary/aromatic N) is 1. The molecule has 2 heterocycles. The van der Waals surface area contributed by atoms with E-state index in [2.05, 4.69) is 29.4 Å². The van der Waals surface area contributed by atoms with Gasteiger partial charge in [-0.2, -0.15) is 0 Å². The van der Waals surface area contributed by atoms with Crippen molar-refractivity contribution in [1.82, 2.24) is 4.98 Å². The van der Waals surface area contributed by atoms with E-state index in [4.69, 9.17) is 4.42 Å². The van der Waals surface area contributed by atoms with Crippen LogP contribution in [0.3, 0.4) is 0 Å². The SMILES string of the molecule is Cc1ccc(-c2nc3ccccc3o2)cc1.O=C1Cc2ccccc2N1. The lowest BCUT2D eigenvalue weighted by atomic mass is 10.1. The number of fused-ring (bicyclic) bond motifs is 2. The van der Waals surface area contributed by atoms with E-state index in [0.717, 1.165) is 27.9 Å². The lowest BCUT2D eigenvalue weighted by Gasteiger charge is -1.95. The molecule has 0 radical (unpaired) electrons. The fraction of sp³-hybridized carbons (Fsp3) is 0.0909. The van der Waals surface area contributed by atoms with Crippen LogP contribution in [-0.2, 0) is 11.2 Å². The predicted octanol–water partition coefficient (Wildman–Crippen LogP) is 4.98. The highest BCUT2D eigenvalue weighted by molar-refractivity contribution is 5.98. The van der Waals surface area contributed by atoms with Gasteiger partial charge in [0, 0.05) is 11.3 Å². The molecule has 128 valence electrons. The van der Waals surface area contributed by atoms with Crippen LogP contribution in [0.2, 0.25) is 0 Å². The molecule has 1 aromatic heterocycles. The second kappa shape index (κ2) is 6.84. The summed E-state index contributed by atoms with van der Waals surface area (Å²) in [5.74, 6) is 0.780. The fourth-order valence-electron chi connectivity index (χ4n) is 2.86. The van der Waals surface area contributed by atoms with E-state index >= 15 is 0 Å². The zero-order valence-electron chi connectivity index (χ0n) is 14.4. The van der Waals surface area contributed by atoms with Crippen molar-refractivity contribution in [2.45, 2.75) is 13.3 Å². The van der Waals surface area contributed by atoms with Crippen LogP contribution in [0.25, 0.3) is 22.6 Å². The van der Waals surface area contributed by atoms with E-state index in [1.165, 1.54) is 5.56 Å².